The number of hydrogen-bond donors (Lipinski definition) is 1. The summed E-state index contributed by atoms with van der Waals surface area (Å²) in [5.41, 5.74) is 1.89. The summed E-state index contributed by atoms with van der Waals surface area (Å²) in [5.74, 6) is 2.32. The summed E-state index contributed by atoms with van der Waals surface area (Å²) >= 11 is 0. The molecule has 3 heterocycles. The van der Waals surface area contributed by atoms with Crippen LogP contribution in [0.15, 0.2) is 30.3 Å². The molecule has 0 fully saturated rings. The van der Waals surface area contributed by atoms with Crippen molar-refractivity contribution in [3.8, 4) is 5.75 Å². The standard InChI is InChI=1S/C17H19N5O2/c1-24-14-4-2-3-12-5-6-13(18-17(12)14)9-21-7-8-22-15(10-21)19-20-16(22)11-23/h2-6,23H,7-11H2,1H3. The number of ether oxygens (including phenoxy) is 1. The van der Waals surface area contributed by atoms with Gasteiger partial charge >= 0.3 is 0 Å². The highest BCUT2D eigenvalue weighted by atomic mass is 16.5. The van der Waals surface area contributed by atoms with Crippen LogP contribution in [0.5, 0.6) is 5.75 Å². The van der Waals surface area contributed by atoms with Crippen molar-refractivity contribution in [3.05, 3.63) is 47.7 Å². The lowest BCUT2D eigenvalue weighted by molar-refractivity contribution is 0.197. The first-order valence-electron chi connectivity index (χ1n) is 7.95. The minimum absolute atomic E-state index is 0.0704. The van der Waals surface area contributed by atoms with Crippen LogP contribution in [0.3, 0.4) is 0 Å². The lowest BCUT2D eigenvalue weighted by Crippen LogP contribution is -2.34. The van der Waals surface area contributed by atoms with Crippen molar-refractivity contribution in [2.45, 2.75) is 26.2 Å². The molecule has 0 aliphatic carbocycles. The highest BCUT2D eigenvalue weighted by Crippen LogP contribution is 2.24. The first-order valence-corrected chi connectivity index (χ1v) is 7.95. The second kappa shape index (κ2) is 6.18. The Morgan fingerprint density at radius 2 is 2.08 bits per heavy atom. The van der Waals surface area contributed by atoms with Crippen LogP contribution < -0.4 is 4.74 Å². The van der Waals surface area contributed by atoms with E-state index in [1.165, 1.54) is 0 Å². The first-order chi connectivity index (χ1) is 11.8. The van der Waals surface area contributed by atoms with Crippen molar-refractivity contribution in [1.29, 1.82) is 0 Å². The van der Waals surface area contributed by atoms with Crippen LogP contribution in [0.25, 0.3) is 10.9 Å². The van der Waals surface area contributed by atoms with E-state index in [2.05, 4.69) is 27.2 Å². The average molecular weight is 325 g/mol. The second-order valence-electron chi connectivity index (χ2n) is 5.89. The van der Waals surface area contributed by atoms with Gasteiger partial charge in [-0.3, -0.25) is 4.90 Å². The number of benzene rings is 1. The molecule has 7 heteroatoms. The Morgan fingerprint density at radius 1 is 1.17 bits per heavy atom. The Kier molecular flexibility index (Phi) is 3.87. The smallest absolute Gasteiger partial charge is 0.158 e. The normalized spacial score (nSPS) is 14.8. The molecule has 7 nitrogen and oxygen atoms in total. The second-order valence-corrected chi connectivity index (χ2v) is 5.89. The summed E-state index contributed by atoms with van der Waals surface area (Å²) < 4.78 is 7.41. The maximum Gasteiger partial charge on any atom is 0.158 e. The number of pyridine rings is 1. The molecule has 0 bridgehead atoms. The van der Waals surface area contributed by atoms with Gasteiger partial charge in [-0.15, -0.1) is 10.2 Å². The predicted molar refractivity (Wildman–Crippen MR) is 88.4 cm³/mol. The van der Waals surface area contributed by atoms with Gasteiger partial charge < -0.3 is 14.4 Å². The van der Waals surface area contributed by atoms with Gasteiger partial charge in [0.25, 0.3) is 0 Å². The third-order valence-corrected chi connectivity index (χ3v) is 4.40. The molecule has 3 aromatic rings. The zero-order valence-electron chi connectivity index (χ0n) is 13.5. The first kappa shape index (κ1) is 15.0. The molecule has 0 atom stereocenters. The monoisotopic (exact) mass is 325 g/mol. The Balaban J connectivity index is 1.56. The van der Waals surface area contributed by atoms with Gasteiger partial charge in [0.1, 0.15) is 23.7 Å². The highest BCUT2D eigenvalue weighted by molar-refractivity contribution is 5.84. The molecular weight excluding hydrogens is 306 g/mol. The molecule has 1 aromatic carbocycles. The van der Waals surface area contributed by atoms with Gasteiger partial charge in [-0.05, 0) is 12.1 Å². The molecule has 124 valence electrons. The summed E-state index contributed by atoms with van der Waals surface area (Å²) in [5, 5.41) is 18.5. The zero-order chi connectivity index (χ0) is 16.5. The molecule has 4 rings (SSSR count). The summed E-state index contributed by atoms with van der Waals surface area (Å²) in [4.78, 5) is 7.05. The van der Waals surface area contributed by atoms with Crippen molar-refractivity contribution in [1.82, 2.24) is 24.6 Å². The van der Waals surface area contributed by atoms with Crippen LogP contribution in [0, 0.1) is 0 Å². The van der Waals surface area contributed by atoms with Gasteiger partial charge in [0.05, 0.1) is 19.3 Å². The van der Waals surface area contributed by atoms with Gasteiger partial charge in [0.15, 0.2) is 5.82 Å². The van der Waals surface area contributed by atoms with Gasteiger partial charge in [-0.25, -0.2) is 4.98 Å². The van der Waals surface area contributed by atoms with E-state index in [-0.39, 0.29) is 6.61 Å². The number of aliphatic hydroxyl groups is 1. The maximum atomic E-state index is 9.27. The van der Waals surface area contributed by atoms with Crippen LogP contribution in [-0.2, 0) is 26.2 Å². The largest absolute Gasteiger partial charge is 0.494 e. The minimum atomic E-state index is -0.0704. The van der Waals surface area contributed by atoms with E-state index in [4.69, 9.17) is 9.72 Å². The van der Waals surface area contributed by atoms with Gasteiger partial charge in [0.2, 0.25) is 0 Å². The quantitative estimate of drug-likeness (QED) is 0.780. The van der Waals surface area contributed by atoms with Crippen LogP contribution in [0.1, 0.15) is 17.3 Å². The Hall–Kier alpha value is -2.51. The minimum Gasteiger partial charge on any atom is -0.494 e. The predicted octanol–water partition coefficient (Wildman–Crippen LogP) is 1.34. The third-order valence-electron chi connectivity index (χ3n) is 4.40. The van der Waals surface area contributed by atoms with Crippen molar-refractivity contribution < 1.29 is 9.84 Å². The van der Waals surface area contributed by atoms with E-state index >= 15 is 0 Å². The molecule has 0 amide bonds. The lowest BCUT2D eigenvalue weighted by atomic mass is 10.2. The molecule has 1 aliphatic heterocycles. The molecule has 24 heavy (non-hydrogen) atoms. The number of hydrogen-bond acceptors (Lipinski definition) is 6. The molecule has 0 unspecified atom stereocenters. The Morgan fingerprint density at radius 3 is 2.92 bits per heavy atom. The summed E-state index contributed by atoms with van der Waals surface area (Å²) in [7, 11) is 1.67. The molecule has 0 spiro atoms. The van der Waals surface area contributed by atoms with Gasteiger partial charge in [0, 0.05) is 25.0 Å². The maximum absolute atomic E-state index is 9.27. The third kappa shape index (κ3) is 2.61. The molecule has 0 saturated carbocycles. The lowest BCUT2D eigenvalue weighted by Gasteiger charge is -2.27. The number of methoxy groups -OCH3 is 1. The Bertz CT molecular complexity index is 877. The van der Waals surface area contributed by atoms with Crippen molar-refractivity contribution in [2.75, 3.05) is 13.7 Å². The molecule has 1 aliphatic rings. The van der Waals surface area contributed by atoms with E-state index in [9.17, 15) is 5.11 Å². The number of aliphatic hydroxyl groups excluding tert-OH is 1. The van der Waals surface area contributed by atoms with Gasteiger partial charge in [-0.1, -0.05) is 18.2 Å². The van der Waals surface area contributed by atoms with Crippen molar-refractivity contribution in [3.63, 3.8) is 0 Å². The topological polar surface area (TPSA) is 76.3 Å². The SMILES string of the molecule is COc1cccc2ccc(CN3CCn4c(CO)nnc4C3)nc12. The van der Waals surface area contributed by atoms with E-state index in [1.54, 1.807) is 7.11 Å². The van der Waals surface area contributed by atoms with Crippen LogP contribution >= 0.6 is 0 Å². The molecule has 1 N–H and O–H groups in total. The summed E-state index contributed by atoms with van der Waals surface area (Å²) in [6.45, 7) is 3.05. The molecular formula is C17H19N5O2. The van der Waals surface area contributed by atoms with Crippen LogP contribution in [0.4, 0.5) is 0 Å². The number of fused-ring (bicyclic) bond motifs is 2. The van der Waals surface area contributed by atoms with E-state index in [0.29, 0.717) is 12.4 Å². The molecule has 2 aromatic heterocycles. The zero-order valence-corrected chi connectivity index (χ0v) is 13.5. The molecule has 0 saturated heterocycles. The van der Waals surface area contributed by atoms with E-state index < -0.39 is 0 Å². The fourth-order valence-corrected chi connectivity index (χ4v) is 3.16. The van der Waals surface area contributed by atoms with Crippen molar-refractivity contribution >= 4 is 10.9 Å². The van der Waals surface area contributed by atoms with E-state index in [0.717, 1.165) is 47.8 Å². The fourth-order valence-electron chi connectivity index (χ4n) is 3.16. The fraction of sp³-hybridized carbons (Fsp3) is 0.353. The molecule has 0 radical (unpaired) electrons. The average Bonchev–Trinajstić information content (AvgIpc) is 3.03. The highest BCUT2D eigenvalue weighted by Gasteiger charge is 2.21. The number of rotatable bonds is 4. The number of nitrogens with zero attached hydrogens (tertiary/aromatic N) is 5. The number of aromatic nitrogens is 4. The van der Waals surface area contributed by atoms with Crippen molar-refractivity contribution in [2.24, 2.45) is 0 Å². The summed E-state index contributed by atoms with van der Waals surface area (Å²) in [6, 6.07) is 10.1. The number of para-hydroxylation sites is 1. The van der Waals surface area contributed by atoms with Gasteiger partial charge in [-0.2, -0.15) is 0 Å². The van der Waals surface area contributed by atoms with Crippen LogP contribution in [0.2, 0.25) is 0 Å². The Labute approximate surface area is 139 Å². The van der Waals surface area contributed by atoms with E-state index in [1.807, 2.05) is 22.8 Å². The summed E-state index contributed by atoms with van der Waals surface area (Å²) in [6.07, 6.45) is 0. The van der Waals surface area contributed by atoms with Crippen LogP contribution in [-0.4, -0.2) is 43.4 Å².